The first-order valence-corrected chi connectivity index (χ1v) is 6.87. The highest BCUT2D eigenvalue weighted by atomic mass is 19.1. The second-order valence-corrected chi connectivity index (χ2v) is 5.17. The van der Waals surface area contributed by atoms with E-state index in [0.29, 0.717) is 5.56 Å². The number of carbonyl (C=O) groups excluding carboxylic acids is 1. The SMILES string of the molecule is COC1CCC(NC(=O)[C@@H](O)c2ccc(F)cc2)CC1. The fourth-order valence-electron chi connectivity index (χ4n) is 2.52. The number of methoxy groups -OCH3 is 1. The molecular formula is C15H20FNO3. The Balaban J connectivity index is 1.87. The zero-order valence-electron chi connectivity index (χ0n) is 11.5. The first kappa shape index (κ1) is 14.9. The third kappa shape index (κ3) is 3.77. The molecule has 2 rings (SSSR count). The van der Waals surface area contributed by atoms with Crippen molar-refractivity contribution < 1.29 is 19.0 Å². The number of hydrogen-bond donors (Lipinski definition) is 2. The maximum atomic E-state index is 12.8. The molecule has 1 aromatic carbocycles. The molecule has 0 spiro atoms. The summed E-state index contributed by atoms with van der Waals surface area (Å²) in [5, 5.41) is 12.8. The molecule has 1 aromatic rings. The van der Waals surface area contributed by atoms with Gasteiger partial charge in [-0.1, -0.05) is 12.1 Å². The predicted molar refractivity (Wildman–Crippen MR) is 72.6 cm³/mol. The number of ether oxygens (including phenoxy) is 1. The minimum atomic E-state index is -1.25. The first-order chi connectivity index (χ1) is 9.60. The van der Waals surface area contributed by atoms with E-state index >= 15 is 0 Å². The number of benzene rings is 1. The van der Waals surface area contributed by atoms with Crippen LogP contribution in [0.5, 0.6) is 0 Å². The molecule has 2 N–H and O–H groups in total. The Morgan fingerprint density at radius 1 is 1.30 bits per heavy atom. The minimum Gasteiger partial charge on any atom is -0.381 e. The molecular weight excluding hydrogens is 261 g/mol. The lowest BCUT2D eigenvalue weighted by Crippen LogP contribution is -2.41. The Bertz CT molecular complexity index is 441. The number of aliphatic hydroxyl groups excluding tert-OH is 1. The van der Waals surface area contributed by atoms with Crippen LogP contribution in [0.1, 0.15) is 37.4 Å². The van der Waals surface area contributed by atoms with Crippen molar-refractivity contribution in [1.29, 1.82) is 0 Å². The van der Waals surface area contributed by atoms with Gasteiger partial charge in [0.2, 0.25) is 0 Å². The summed E-state index contributed by atoms with van der Waals surface area (Å²) in [6.07, 6.45) is 2.53. The van der Waals surface area contributed by atoms with E-state index in [4.69, 9.17) is 4.74 Å². The van der Waals surface area contributed by atoms with Gasteiger partial charge in [-0.05, 0) is 43.4 Å². The van der Waals surface area contributed by atoms with Crippen LogP contribution in [0.25, 0.3) is 0 Å². The molecule has 0 saturated heterocycles. The van der Waals surface area contributed by atoms with Gasteiger partial charge in [0.15, 0.2) is 6.10 Å². The summed E-state index contributed by atoms with van der Waals surface area (Å²) in [4.78, 5) is 12.0. The van der Waals surface area contributed by atoms with Gasteiger partial charge < -0.3 is 15.2 Å². The number of amides is 1. The maximum absolute atomic E-state index is 12.8. The minimum absolute atomic E-state index is 0.0731. The van der Waals surface area contributed by atoms with E-state index in [1.54, 1.807) is 7.11 Å². The van der Waals surface area contributed by atoms with E-state index in [1.807, 2.05) is 0 Å². The number of halogens is 1. The van der Waals surface area contributed by atoms with Gasteiger partial charge in [0, 0.05) is 13.2 Å². The van der Waals surface area contributed by atoms with Crippen LogP contribution in [-0.4, -0.2) is 30.3 Å². The quantitative estimate of drug-likeness (QED) is 0.886. The number of carbonyl (C=O) groups is 1. The van der Waals surface area contributed by atoms with Gasteiger partial charge in [-0.25, -0.2) is 4.39 Å². The lowest BCUT2D eigenvalue weighted by molar-refractivity contribution is -0.130. The molecule has 20 heavy (non-hydrogen) atoms. The van der Waals surface area contributed by atoms with Crippen molar-refractivity contribution in [3.63, 3.8) is 0 Å². The first-order valence-electron chi connectivity index (χ1n) is 6.87. The van der Waals surface area contributed by atoms with Gasteiger partial charge in [0.05, 0.1) is 6.10 Å². The molecule has 1 atom stereocenters. The van der Waals surface area contributed by atoms with Crippen molar-refractivity contribution in [2.75, 3.05) is 7.11 Å². The van der Waals surface area contributed by atoms with Crippen LogP contribution in [0.15, 0.2) is 24.3 Å². The van der Waals surface area contributed by atoms with Crippen LogP contribution in [0, 0.1) is 5.82 Å². The molecule has 1 aliphatic rings. The highest BCUT2D eigenvalue weighted by Gasteiger charge is 2.25. The summed E-state index contributed by atoms with van der Waals surface area (Å²) in [5.41, 5.74) is 0.398. The van der Waals surface area contributed by atoms with Gasteiger partial charge in [-0.15, -0.1) is 0 Å². The number of rotatable bonds is 4. The lowest BCUT2D eigenvalue weighted by atomic mass is 9.92. The second-order valence-electron chi connectivity index (χ2n) is 5.17. The maximum Gasteiger partial charge on any atom is 0.253 e. The molecule has 1 fully saturated rings. The average Bonchev–Trinajstić information content (AvgIpc) is 2.48. The van der Waals surface area contributed by atoms with Gasteiger partial charge >= 0.3 is 0 Å². The van der Waals surface area contributed by atoms with Gasteiger partial charge in [-0.2, -0.15) is 0 Å². The highest BCUT2D eigenvalue weighted by molar-refractivity contribution is 5.82. The van der Waals surface area contributed by atoms with Crippen molar-refractivity contribution in [1.82, 2.24) is 5.32 Å². The molecule has 0 unspecified atom stereocenters. The van der Waals surface area contributed by atoms with E-state index in [2.05, 4.69) is 5.32 Å². The van der Waals surface area contributed by atoms with Gasteiger partial charge in [0.25, 0.3) is 5.91 Å². The Morgan fingerprint density at radius 2 is 1.90 bits per heavy atom. The molecule has 1 amide bonds. The van der Waals surface area contributed by atoms with E-state index in [0.717, 1.165) is 25.7 Å². The van der Waals surface area contributed by atoms with Crippen molar-refractivity contribution in [3.05, 3.63) is 35.6 Å². The summed E-state index contributed by atoms with van der Waals surface area (Å²) >= 11 is 0. The molecule has 0 bridgehead atoms. The molecule has 1 aliphatic carbocycles. The van der Waals surface area contributed by atoms with Crippen LogP contribution in [0.3, 0.4) is 0 Å². The van der Waals surface area contributed by atoms with Crippen molar-refractivity contribution in [2.45, 2.75) is 43.9 Å². The van der Waals surface area contributed by atoms with Crippen LogP contribution in [0.4, 0.5) is 4.39 Å². The molecule has 0 aromatic heterocycles. The summed E-state index contributed by atoms with van der Waals surface area (Å²) in [7, 11) is 1.70. The fourth-order valence-corrected chi connectivity index (χ4v) is 2.52. The van der Waals surface area contributed by atoms with Crippen molar-refractivity contribution in [3.8, 4) is 0 Å². The van der Waals surface area contributed by atoms with Crippen molar-refractivity contribution in [2.24, 2.45) is 0 Å². The predicted octanol–water partition coefficient (Wildman–Crippen LogP) is 1.93. The van der Waals surface area contributed by atoms with E-state index < -0.39 is 12.0 Å². The van der Waals surface area contributed by atoms with E-state index in [-0.39, 0.29) is 18.0 Å². The Morgan fingerprint density at radius 3 is 2.45 bits per heavy atom. The fraction of sp³-hybridized carbons (Fsp3) is 0.533. The average molecular weight is 281 g/mol. The third-order valence-corrected chi connectivity index (χ3v) is 3.79. The van der Waals surface area contributed by atoms with Gasteiger partial charge in [-0.3, -0.25) is 4.79 Å². The van der Waals surface area contributed by atoms with Crippen LogP contribution >= 0.6 is 0 Å². The summed E-state index contributed by atoms with van der Waals surface area (Å²) < 4.78 is 18.1. The molecule has 0 heterocycles. The van der Waals surface area contributed by atoms with Crippen LogP contribution in [0.2, 0.25) is 0 Å². The second kappa shape index (κ2) is 6.81. The topological polar surface area (TPSA) is 58.6 Å². The number of nitrogens with one attached hydrogen (secondary N) is 1. The van der Waals surface area contributed by atoms with Crippen LogP contribution in [-0.2, 0) is 9.53 Å². The number of hydrogen-bond acceptors (Lipinski definition) is 3. The lowest BCUT2D eigenvalue weighted by Gasteiger charge is -2.28. The standard InChI is InChI=1S/C15H20FNO3/c1-20-13-8-6-12(7-9-13)17-15(19)14(18)10-2-4-11(16)5-3-10/h2-5,12-14,18H,6-9H2,1H3,(H,17,19)/t12?,13?,14-/m0/s1. The molecule has 0 radical (unpaired) electrons. The highest BCUT2D eigenvalue weighted by Crippen LogP contribution is 2.21. The van der Waals surface area contributed by atoms with Crippen LogP contribution < -0.4 is 5.32 Å². The molecule has 5 heteroatoms. The zero-order valence-corrected chi connectivity index (χ0v) is 11.5. The number of aliphatic hydroxyl groups is 1. The largest absolute Gasteiger partial charge is 0.381 e. The smallest absolute Gasteiger partial charge is 0.253 e. The van der Waals surface area contributed by atoms with E-state index in [1.165, 1.54) is 24.3 Å². The third-order valence-electron chi connectivity index (χ3n) is 3.79. The summed E-state index contributed by atoms with van der Waals surface area (Å²) in [6.45, 7) is 0. The Labute approximate surface area is 117 Å². The Hall–Kier alpha value is -1.46. The normalized spacial score (nSPS) is 24.1. The Kier molecular flexibility index (Phi) is 5.09. The summed E-state index contributed by atoms with van der Waals surface area (Å²) in [5.74, 6) is -0.822. The monoisotopic (exact) mass is 281 g/mol. The molecule has 1 saturated carbocycles. The molecule has 110 valence electrons. The zero-order chi connectivity index (χ0) is 14.5. The van der Waals surface area contributed by atoms with Crippen molar-refractivity contribution >= 4 is 5.91 Å². The van der Waals surface area contributed by atoms with Gasteiger partial charge in [0.1, 0.15) is 5.82 Å². The van der Waals surface area contributed by atoms with E-state index in [9.17, 15) is 14.3 Å². The molecule has 0 aliphatic heterocycles. The summed E-state index contributed by atoms with van der Waals surface area (Å²) in [6, 6.07) is 5.37. The molecule has 4 nitrogen and oxygen atoms in total.